The van der Waals surface area contributed by atoms with E-state index in [0.717, 1.165) is 24.6 Å². The molecule has 1 saturated heterocycles. The predicted octanol–water partition coefficient (Wildman–Crippen LogP) is 3.98. The SMILES string of the molecule is COc1ccc(CNCc2ccccc2N2CCCCC2)cc1OC. The number of piperidine rings is 1. The lowest BCUT2D eigenvalue weighted by Gasteiger charge is -2.30. The molecule has 4 nitrogen and oxygen atoms in total. The van der Waals surface area contributed by atoms with Crippen molar-refractivity contribution < 1.29 is 9.47 Å². The van der Waals surface area contributed by atoms with Crippen molar-refractivity contribution in [2.45, 2.75) is 32.4 Å². The van der Waals surface area contributed by atoms with Crippen molar-refractivity contribution >= 4 is 5.69 Å². The summed E-state index contributed by atoms with van der Waals surface area (Å²) in [4.78, 5) is 2.52. The summed E-state index contributed by atoms with van der Waals surface area (Å²) in [7, 11) is 3.33. The van der Waals surface area contributed by atoms with Crippen molar-refractivity contribution in [3.8, 4) is 11.5 Å². The largest absolute Gasteiger partial charge is 0.493 e. The van der Waals surface area contributed by atoms with Crippen molar-refractivity contribution in [2.24, 2.45) is 0 Å². The van der Waals surface area contributed by atoms with Crippen molar-refractivity contribution in [1.82, 2.24) is 5.32 Å². The van der Waals surface area contributed by atoms with Gasteiger partial charge in [-0.3, -0.25) is 0 Å². The number of nitrogens with zero attached hydrogens (tertiary/aromatic N) is 1. The smallest absolute Gasteiger partial charge is 0.161 e. The molecule has 0 aromatic heterocycles. The molecule has 25 heavy (non-hydrogen) atoms. The Morgan fingerprint density at radius 2 is 1.64 bits per heavy atom. The number of methoxy groups -OCH3 is 2. The average molecular weight is 340 g/mol. The Morgan fingerprint density at radius 1 is 0.880 bits per heavy atom. The van der Waals surface area contributed by atoms with Crippen LogP contribution in [0.25, 0.3) is 0 Å². The highest BCUT2D eigenvalue weighted by Gasteiger charge is 2.13. The van der Waals surface area contributed by atoms with Crippen molar-refractivity contribution in [3.63, 3.8) is 0 Å². The van der Waals surface area contributed by atoms with E-state index >= 15 is 0 Å². The van der Waals surface area contributed by atoms with Gasteiger partial charge < -0.3 is 19.7 Å². The fourth-order valence-electron chi connectivity index (χ4n) is 3.44. The van der Waals surface area contributed by atoms with Crippen LogP contribution in [-0.4, -0.2) is 27.3 Å². The van der Waals surface area contributed by atoms with E-state index in [-0.39, 0.29) is 0 Å². The van der Waals surface area contributed by atoms with Gasteiger partial charge in [0.2, 0.25) is 0 Å². The predicted molar refractivity (Wildman–Crippen MR) is 103 cm³/mol. The van der Waals surface area contributed by atoms with Gasteiger partial charge in [-0.1, -0.05) is 24.3 Å². The van der Waals surface area contributed by atoms with E-state index < -0.39 is 0 Å². The number of hydrogen-bond donors (Lipinski definition) is 1. The second-order valence-corrected chi connectivity index (χ2v) is 6.47. The van der Waals surface area contributed by atoms with Crippen molar-refractivity contribution in [3.05, 3.63) is 53.6 Å². The van der Waals surface area contributed by atoms with Crippen LogP contribution in [0.15, 0.2) is 42.5 Å². The summed E-state index contributed by atoms with van der Waals surface area (Å²) in [6.45, 7) is 4.01. The maximum Gasteiger partial charge on any atom is 0.161 e. The maximum absolute atomic E-state index is 5.38. The maximum atomic E-state index is 5.38. The lowest BCUT2D eigenvalue weighted by molar-refractivity contribution is 0.354. The minimum absolute atomic E-state index is 0.765. The molecule has 0 amide bonds. The Kier molecular flexibility index (Phi) is 6.18. The van der Waals surface area contributed by atoms with E-state index in [1.807, 2.05) is 12.1 Å². The molecule has 134 valence electrons. The van der Waals surface area contributed by atoms with Crippen LogP contribution in [0.3, 0.4) is 0 Å². The third-order valence-electron chi connectivity index (χ3n) is 4.78. The van der Waals surface area contributed by atoms with Crippen LogP contribution in [0, 0.1) is 0 Å². The number of benzene rings is 2. The quantitative estimate of drug-likeness (QED) is 0.826. The molecular weight excluding hydrogens is 312 g/mol. The Bertz CT molecular complexity index is 681. The summed E-state index contributed by atoms with van der Waals surface area (Å²) < 4.78 is 10.7. The minimum atomic E-state index is 0.765. The molecule has 0 aliphatic carbocycles. The summed E-state index contributed by atoms with van der Waals surface area (Å²) in [6.07, 6.45) is 3.96. The number of nitrogens with one attached hydrogen (secondary N) is 1. The summed E-state index contributed by atoms with van der Waals surface area (Å²) in [5.41, 5.74) is 3.93. The van der Waals surface area contributed by atoms with Gasteiger partial charge >= 0.3 is 0 Å². The normalized spacial score (nSPS) is 14.4. The zero-order chi connectivity index (χ0) is 17.5. The molecule has 2 aromatic carbocycles. The van der Waals surface area contributed by atoms with Gasteiger partial charge in [-0.15, -0.1) is 0 Å². The van der Waals surface area contributed by atoms with Gasteiger partial charge in [0.25, 0.3) is 0 Å². The number of anilines is 1. The first-order valence-corrected chi connectivity index (χ1v) is 9.06. The van der Waals surface area contributed by atoms with Crippen LogP contribution in [0.1, 0.15) is 30.4 Å². The molecule has 0 bridgehead atoms. The Balaban J connectivity index is 1.62. The van der Waals surface area contributed by atoms with E-state index in [0.29, 0.717) is 0 Å². The highest BCUT2D eigenvalue weighted by Crippen LogP contribution is 2.28. The summed E-state index contributed by atoms with van der Waals surface area (Å²) >= 11 is 0. The molecular formula is C21H28N2O2. The summed E-state index contributed by atoms with van der Waals surface area (Å²) in [5.74, 6) is 1.54. The molecule has 1 heterocycles. The van der Waals surface area contributed by atoms with Gasteiger partial charge in [-0.25, -0.2) is 0 Å². The van der Waals surface area contributed by atoms with Crippen LogP contribution < -0.4 is 19.7 Å². The monoisotopic (exact) mass is 340 g/mol. The first-order chi connectivity index (χ1) is 12.3. The molecule has 1 aliphatic rings. The lowest BCUT2D eigenvalue weighted by Crippen LogP contribution is -2.30. The van der Waals surface area contributed by atoms with Gasteiger partial charge in [0, 0.05) is 31.9 Å². The van der Waals surface area contributed by atoms with Gasteiger partial charge in [0.15, 0.2) is 11.5 Å². The average Bonchev–Trinajstić information content (AvgIpc) is 2.69. The summed E-state index contributed by atoms with van der Waals surface area (Å²) in [6, 6.07) is 14.8. The molecule has 0 atom stereocenters. The fraction of sp³-hybridized carbons (Fsp3) is 0.429. The van der Waals surface area contributed by atoms with E-state index in [4.69, 9.17) is 9.47 Å². The molecule has 0 unspecified atom stereocenters. The van der Waals surface area contributed by atoms with E-state index in [1.165, 1.54) is 49.2 Å². The number of rotatable bonds is 7. The van der Waals surface area contributed by atoms with Crippen LogP contribution in [0.5, 0.6) is 11.5 Å². The second-order valence-electron chi connectivity index (χ2n) is 6.47. The first kappa shape index (κ1) is 17.6. The van der Waals surface area contributed by atoms with Gasteiger partial charge in [-0.05, 0) is 48.6 Å². The Labute approximate surface area is 150 Å². The molecule has 1 fully saturated rings. The number of para-hydroxylation sites is 1. The standard InChI is InChI=1S/C21H28N2O2/c1-24-20-11-10-17(14-21(20)25-2)15-22-16-18-8-4-5-9-19(18)23-12-6-3-7-13-23/h4-5,8-11,14,22H,3,6-7,12-13,15-16H2,1-2H3. The first-order valence-electron chi connectivity index (χ1n) is 9.06. The molecule has 2 aromatic rings. The molecule has 4 heteroatoms. The van der Waals surface area contributed by atoms with E-state index in [9.17, 15) is 0 Å². The van der Waals surface area contributed by atoms with Crippen LogP contribution in [-0.2, 0) is 13.1 Å². The van der Waals surface area contributed by atoms with Crippen LogP contribution in [0.4, 0.5) is 5.69 Å². The van der Waals surface area contributed by atoms with E-state index in [2.05, 4.69) is 40.5 Å². The van der Waals surface area contributed by atoms with Crippen LogP contribution in [0.2, 0.25) is 0 Å². The molecule has 0 radical (unpaired) electrons. The Morgan fingerprint density at radius 3 is 2.40 bits per heavy atom. The summed E-state index contributed by atoms with van der Waals surface area (Å²) in [5, 5.41) is 3.56. The second kappa shape index (κ2) is 8.77. The van der Waals surface area contributed by atoms with Crippen LogP contribution >= 0.6 is 0 Å². The zero-order valence-electron chi connectivity index (χ0n) is 15.3. The van der Waals surface area contributed by atoms with Crippen molar-refractivity contribution in [1.29, 1.82) is 0 Å². The third-order valence-corrected chi connectivity index (χ3v) is 4.78. The highest BCUT2D eigenvalue weighted by molar-refractivity contribution is 5.54. The lowest BCUT2D eigenvalue weighted by atomic mass is 10.1. The molecule has 1 aliphatic heterocycles. The van der Waals surface area contributed by atoms with Gasteiger partial charge in [-0.2, -0.15) is 0 Å². The topological polar surface area (TPSA) is 33.7 Å². The van der Waals surface area contributed by atoms with Gasteiger partial charge in [0.05, 0.1) is 14.2 Å². The van der Waals surface area contributed by atoms with E-state index in [1.54, 1.807) is 14.2 Å². The fourth-order valence-corrected chi connectivity index (χ4v) is 3.44. The number of ether oxygens (including phenoxy) is 2. The zero-order valence-corrected chi connectivity index (χ0v) is 15.3. The minimum Gasteiger partial charge on any atom is -0.493 e. The third kappa shape index (κ3) is 4.45. The number of hydrogen-bond acceptors (Lipinski definition) is 4. The molecule has 1 N–H and O–H groups in total. The van der Waals surface area contributed by atoms with Gasteiger partial charge in [0.1, 0.15) is 0 Å². The molecule has 0 spiro atoms. The van der Waals surface area contributed by atoms with Crippen molar-refractivity contribution in [2.75, 3.05) is 32.2 Å². The Hall–Kier alpha value is -2.20. The highest BCUT2D eigenvalue weighted by atomic mass is 16.5. The molecule has 0 saturated carbocycles. The molecule has 3 rings (SSSR count).